The van der Waals surface area contributed by atoms with Gasteiger partial charge in [0.05, 0.1) is 6.04 Å². The van der Waals surface area contributed by atoms with Gasteiger partial charge >= 0.3 is 6.09 Å². The van der Waals surface area contributed by atoms with Crippen LogP contribution in [0.3, 0.4) is 0 Å². The zero-order chi connectivity index (χ0) is 12.5. The summed E-state index contributed by atoms with van der Waals surface area (Å²) in [5.74, 6) is 1.29. The molecule has 1 aliphatic heterocycles. The van der Waals surface area contributed by atoms with Crippen LogP contribution in [-0.2, 0) is 11.3 Å². The summed E-state index contributed by atoms with van der Waals surface area (Å²) in [5.41, 5.74) is 6.75. The first-order valence-electron chi connectivity index (χ1n) is 6.47. The molecule has 0 unspecified atom stereocenters. The first kappa shape index (κ1) is 11.5. The number of nitrogens with two attached hydrogens (primary N) is 1. The monoisotopic (exact) mass is 246 g/mol. The summed E-state index contributed by atoms with van der Waals surface area (Å²) in [7, 11) is 0. The topological polar surface area (TPSA) is 55.6 Å². The molecule has 1 amide bonds. The van der Waals surface area contributed by atoms with Crippen molar-refractivity contribution in [3.8, 4) is 0 Å². The third-order valence-electron chi connectivity index (χ3n) is 3.98. The number of ether oxygens (including phenoxy) is 1. The Hall–Kier alpha value is -1.55. The highest BCUT2D eigenvalue weighted by Gasteiger charge is 2.53. The van der Waals surface area contributed by atoms with E-state index in [1.807, 2.05) is 35.2 Å². The van der Waals surface area contributed by atoms with Gasteiger partial charge in [0.2, 0.25) is 0 Å². The minimum atomic E-state index is -0.221. The van der Waals surface area contributed by atoms with E-state index in [0.717, 1.165) is 12.1 Å². The van der Waals surface area contributed by atoms with Crippen LogP contribution in [0.4, 0.5) is 4.79 Å². The number of nitrogens with zero attached hydrogens (tertiary/aromatic N) is 1. The third kappa shape index (κ3) is 2.08. The van der Waals surface area contributed by atoms with Crippen LogP contribution in [-0.4, -0.2) is 30.1 Å². The minimum Gasteiger partial charge on any atom is -0.445 e. The maximum Gasteiger partial charge on any atom is 0.410 e. The Morgan fingerprint density at radius 1 is 1.39 bits per heavy atom. The summed E-state index contributed by atoms with van der Waals surface area (Å²) < 4.78 is 5.34. The Morgan fingerprint density at radius 2 is 2.17 bits per heavy atom. The number of benzene rings is 1. The van der Waals surface area contributed by atoms with Crippen LogP contribution in [0.15, 0.2) is 30.3 Å². The van der Waals surface area contributed by atoms with E-state index in [1.54, 1.807) is 0 Å². The number of rotatable bonds is 3. The van der Waals surface area contributed by atoms with E-state index in [0.29, 0.717) is 25.0 Å². The van der Waals surface area contributed by atoms with Crippen molar-refractivity contribution in [3.05, 3.63) is 35.9 Å². The van der Waals surface area contributed by atoms with Gasteiger partial charge in [0.25, 0.3) is 0 Å². The van der Waals surface area contributed by atoms with Gasteiger partial charge in [-0.25, -0.2) is 4.79 Å². The molecule has 1 aliphatic carbocycles. The molecule has 1 saturated carbocycles. The second-order valence-corrected chi connectivity index (χ2v) is 5.16. The number of hydrogen-bond acceptors (Lipinski definition) is 3. The SMILES string of the molecule is NC[C@@H]1[C@@H]2C[C@@H]2CN1C(=O)OCc1ccccc1. The molecule has 4 nitrogen and oxygen atoms in total. The smallest absolute Gasteiger partial charge is 0.410 e. The largest absolute Gasteiger partial charge is 0.445 e. The second-order valence-electron chi connectivity index (χ2n) is 5.16. The van der Waals surface area contributed by atoms with E-state index in [1.165, 1.54) is 6.42 Å². The van der Waals surface area contributed by atoms with Gasteiger partial charge in [0.15, 0.2) is 0 Å². The average Bonchev–Trinajstić information content (AvgIpc) is 3.09. The molecule has 0 radical (unpaired) electrons. The molecule has 2 fully saturated rings. The van der Waals surface area contributed by atoms with E-state index in [4.69, 9.17) is 10.5 Å². The van der Waals surface area contributed by atoms with Gasteiger partial charge in [-0.15, -0.1) is 0 Å². The average molecular weight is 246 g/mol. The molecule has 1 aromatic carbocycles. The normalized spacial score (nSPS) is 28.9. The number of carbonyl (C=O) groups is 1. The lowest BCUT2D eigenvalue weighted by molar-refractivity contribution is 0.0871. The molecular weight excluding hydrogens is 228 g/mol. The fourth-order valence-corrected chi connectivity index (χ4v) is 2.89. The summed E-state index contributed by atoms with van der Waals surface area (Å²) in [6.07, 6.45) is 1.01. The van der Waals surface area contributed by atoms with Crippen molar-refractivity contribution in [2.45, 2.75) is 19.1 Å². The van der Waals surface area contributed by atoms with E-state index >= 15 is 0 Å². The van der Waals surface area contributed by atoms with E-state index in [2.05, 4.69) is 0 Å². The lowest BCUT2D eigenvalue weighted by Gasteiger charge is -2.25. The maximum atomic E-state index is 12.0. The standard InChI is InChI=1S/C14H18N2O2/c15-7-13-12-6-11(12)8-16(13)14(17)18-9-10-4-2-1-3-5-10/h1-5,11-13H,6-9,15H2/t11-,12-,13-/m1/s1. The van der Waals surface area contributed by atoms with Gasteiger partial charge in [-0.05, 0) is 23.8 Å². The van der Waals surface area contributed by atoms with Crippen molar-refractivity contribution < 1.29 is 9.53 Å². The quantitative estimate of drug-likeness (QED) is 0.881. The summed E-state index contributed by atoms with van der Waals surface area (Å²) in [6.45, 7) is 1.70. The highest BCUT2D eigenvalue weighted by Crippen LogP contribution is 2.49. The number of amides is 1. The van der Waals surface area contributed by atoms with Crippen LogP contribution in [0.2, 0.25) is 0 Å². The van der Waals surface area contributed by atoms with Crippen LogP contribution in [0.5, 0.6) is 0 Å². The van der Waals surface area contributed by atoms with Crippen LogP contribution >= 0.6 is 0 Å². The minimum absolute atomic E-state index is 0.193. The van der Waals surface area contributed by atoms with Gasteiger partial charge in [0.1, 0.15) is 6.61 Å². The Bertz CT molecular complexity index is 435. The lowest BCUT2D eigenvalue weighted by atomic mass is 10.2. The number of likely N-dealkylation sites (tertiary alicyclic amines) is 1. The molecule has 1 heterocycles. The van der Waals surface area contributed by atoms with Gasteiger partial charge in [-0.1, -0.05) is 30.3 Å². The van der Waals surface area contributed by atoms with Crippen molar-refractivity contribution in [1.82, 2.24) is 4.90 Å². The highest BCUT2D eigenvalue weighted by molar-refractivity contribution is 5.69. The number of carbonyl (C=O) groups excluding carboxylic acids is 1. The summed E-state index contributed by atoms with van der Waals surface area (Å²) in [6, 6.07) is 9.93. The van der Waals surface area contributed by atoms with Crippen molar-refractivity contribution in [2.24, 2.45) is 17.6 Å². The first-order valence-corrected chi connectivity index (χ1v) is 6.47. The highest BCUT2D eigenvalue weighted by atomic mass is 16.6. The first-order chi connectivity index (χ1) is 8.79. The van der Waals surface area contributed by atoms with E-state index in [-0.39, 0.29) is 12.1 Å². The Balaban J connectivity index is 1.56. The summed E-state index contributed by atoms with van der Waals surface area (Å²) in [4.78, 5) is 13.8. The summed E-state index contributed by atoms with van der Waals surface area (Å²) >= 11 is 0. The number of piperidine rings is 1. The third-order valence-corrected chi connectivity index (χ3v) is 3.98. The molecule has 0 spiro atoms. The molecule has 2 N–H and O–H groups in total. The predicted molar refractivity (Wildman–Crippen MR) is 67.8 cm³/mol. The zero-order valence-corrected chi connectivity index (χ0v) is 10.3. The van der Waals surface area contributed by atoms with Crippen LogP contribution in [0.25, 0.3) is 0 Å². The molecule has 3 rings (SSSR count). The molecule has 96 valence electrons. The zero-order valence-electron chi connectivity index (χ0n) is 10.3. The van der Waals surface area contributed by atoms with E-state index < -0.39 is 0 Å². The summed E-state index contributed by atoms with van der Waals surface area (Å²) in [5, 5.41) is 0. The Labute approximate surface area is 107 Å². The van der Waals surface area contributed by atoms with E-state index in [9.17, 15) is 4.79 Å². The fourth-order valence-electron chi connectivity index (χ4n) is 2.89. The molecule has 1 saturated heterocycles. The fraction of sp³-hybridized carbons (Fsp3) is 0.500. The molecule has 4 heteroatoms. The Morgan fingerprint density at radius 3 is 2.89 bits per heavy atom. The molecular formula is C14H18N2O2. The molecule has 2 aliphatic rings. The van der Waals surface area contributed by atoms with Crippen molar-refractivity contribution >= 4 is 6.09 Å². The van der Waals surface area contributed by atoms with Crippen LogP contribution in [0.1, 0.15) is 12.0 Å². The molecule has 0 bridgehead atoms. The predicted octanol–water partition coefficient (Wildman–Crippen LogP) is 1.60. The molecule has 3 atom stereocenters. The maximum absolute atomic E-state index is 12.0. The molecule has 18 heavy (non-hydrogen) atoms. The lowest BCUT2D eigenvalue weighted by Crippen LogP contribution is -2.43. The molecule has 0 aromatic heterocycles. The second kappa shape index (κ2) is 4.61. The van der Waals surface area contributed by atoms with Crippen molar-refractivity contribution in [3.63, 3.8) is 0 Å². The van der Waals surface area contributed by atoms with Crippen molar-refractivity contribution in [1.29, 1.82) is 0 Å². The molecule has 1 aromatic rings. The van der Waals surface area contributed by atoms with Crippen LogP contribution < -0.4 is 5.73 Å². The number of hydrogen-bond donors (Lipinski definition) is 1. The van der Waals surface area contributed by atoms with Crippen LogP contribution in [0, 0.1) is 11.8 Å². The van der Waals surface area contributed by atoms with Crippen molar-refractivity contribution in [2.75, 3.05) is 13.1 Å². The van der Waals surface area contributed by atoms with Gasteiger partial charge in [-0.3, -0.25) is 0 Å². The number of fused-ring (bicyclic) bond motifs is 1. The van der Waals surface area contributed by atoms with Gasteiger partial charge in [0, 0.05) is 13.1 Å². The Kier molecular flexibility index (Phi) is 2.96. The van der Waals surface area contributed by atoms with Gasteiger partial charge in [-0.2, -0.15) is 0 Å². The van der Waals surface area contributed by atoms with Gasteiger partial charge < -0.3 is 15.4 Å².